The van der Waals surface area contributed by atoms with Gasteiger partial charge in [0.25, 0.3) is 5.91 Å². The number of amides is 1. The molecule has 118 valence electrons. The topological polar surface area (TPSA) is 73.6 Å². The third-order valence-electron chi connectivity index (χ3n) is 3.54. The fourth-order valence-electron chi connectivity index (χ4n) is 2.29. The molecule has 0 radical (unpaired) electrons. The Morgan fingerprint density at radius 3 is 3.00 bits per heavy atom. The molecule has 1 saturated heterocycles. The number of nitrogens with zero attached hydrogens (tertiary/aromatic N) is 1. The van der Waals surface area contributed by atoms with Crippen molar-refractivity contribution in [3.05, 3.63) is 29.7 Å². The molecule has 6 nitrogen and oxygen atoms in total. The third kappa shape index (κ3) is 3.28. The molecule has 3 rings (SSSR count). The van der Waals surface area contributed by atoms with Gasteiger partial charge in [0.15, 0.2) is 11.5 Å². The zero-order valence-corrected chi connectivity index (χ0v) is 12.8. The van der Waals surface area contributed by atoms with Crippen molar-refractivity contribution in [2.45, 2.75) is 25.9 Å². The molecular weight excluding hydrogens is 284 g/mol. The van der Waals surface area contributed by atoms with Crippen molar-refractivity contribution >= 4 is 17.0 Å². The van der Waals surface area contributed by atoms with Gasteiger partial charge in [-0.15, -0.1) is 0 Å². The molecule has 0 spiro atoms. The maximum Gasteiger partial charge on any atom is 0.251 e. The quantitative estimate of drug-likeness (QED) is 0.936. The molecule has 2 heterocycles. The predicted octanol–water partition coefficient (Wildman–Crippen LogP) is 2.10. The number of aromatic nitrogens is 1. The van der Waals surface area contributed by atoms with Crippen molar-refractivity contribution in [2.24, 2.45) is 0 Å². The normalized spacial score (nSPS) is 18.8. The molecule has 22 heavy (non-hydrogen) atoms. The van der Waals surface area contributed by atoms with Crippen LogP contribution in [0, 0.1) is 0 Å². The summed E-state index contributed by atoms with van der Waals surface area (Å²) in [6.45, 7) is 6.17. The maximum atomic E-state index is 12.2. The molecule has 1 atom stereocenters. The Balaban J connectivity index is 1.67. The zero-order valence-electron chi connectivity index (χ0n) is 12.8. The molecule has 1 fully saturated rings. The van der Waals surface area contributed by atoms with Crippen molar-refractivity contribution < 1.29 is 18.7 Å². The van der Waals surface area contributed by atoms with Crippen LogP contribution in [0.3, 0.4) is 0 Å². The minimum absolute atomic E-state index is 0.0840. The number of fused-ring (bicyclic) bond motifs is 1. The number of hydrogen-bond donors (Lipinski definition) is 1. The van der Waals surface area contributed by atoms with Gasteiger partial charge >= 0.3 is 0 Å². The van der Waals surface area contributed by atoms with Crippen LogP contribution in [0.4, 0.5) is 0 Å². The minimum Gasteiger partial charge on any atom is -0.440 e. The van der Waals surface area contributed by atoms with Gasteiger partial charge in [-0.05, 0) is 18.2 Å². The first-order valence-corrected chi connectivity index (χ1v) is 7.51. The smallest absolute Gasteiger partial charge is 0.251 e. The van der Waals surface area contributed by atoms with Crippen LogP contribution in [0.2, 0.25) is 0 Å². The first-order chi connectivity index (χ1) is 10.6. The van der Waals surface area contributed by atoms with E-state index in [-0.39, 0.29) is 17.9 Å². The van der Waals surface area contributed by atoms with Gasteiger partial charge in [-0.1, -0.05) is 13.8 Å². The summed E-state index contributed by atoms with van der Waals surface area (Å²) in [6, 6.07) is 5.28. The van der Waals surface area contributed by atoms with Crippen molar-refractivity contribution in [3.63, 3.8) is 0 Å². The third-order valence-corrected chi connectivity index (χ3v) is 3.54. The molecule has 1 aromatic heterocycles. The van der Waals surface area contributed by atoms with Crippen LogP contribution >= 0.6 is 0 Å². The van der Waals surface area contributed by atoms with Crippen LogP contribution in [0.5, 0.6) is 0 Å². The number of oxazole rings is 1. The number of carbonyl (C=O) groups excluding carboxylic acids is 1. The second kappa shape index (κ2) is 6.46. The highest BCUT2D eigenvalue weighted by Gasteiger charge is 2.17. The van der Waals surface area contributed by atoms with Gasteiger partial charge in [0.2, 0.25) is 0 Å². The summed E-state index contributed by atoms with van der Waals surface area (Å²) in [6.07, 6.45) is -0.0840. The molecule has 6 heteroatoms. The molecular formula is C16H20N2O4. The van der Waals surface area contributed by atoms with Crippen LogP contribution in [0.25, 0.3) is 11.1 Å². The average molecular weight is 304 g/mol. The van der Waals surface area contributed by atoms with E-state index in [1.54, 1.807) is 18.2 Å². The minimum atomic E-state index is -0.154. The van der Waals surface area contributed by atoms with Gasteiger partial charge in [0.1, 0.15) is 5.52 Å². The van der Waals surface area contributed by atoms with E-state index in [1.807, 2.05) is 13.8 Å². The molecule has 0 saturated carbocycles. The largest absolute Gasteiger partial charge is 0.440 e. The lowest BCUT2D eigenvalue weighted by Gasteiger charge is -2.23. The van der Waals surface area contributed by atoms with Gasteiger partial charge in [-0.3, -0.25) is 4.79 Å². The Kier molecular flexibility index (Phi) is 4.40. The van der Waals surface area contributed by atoms with Gasteiger partial charge in [-0.2, -0.15) is 0 Å². The first kappa shape index (κ1) is 15.0. The van der Waals surface area contributed by atoms with Crippen molar-refractivity contribution in [2.75, 3.05) is 26.4 Å². The van der Waals surface area contributed by atoms with Crippen LogP contribution in [-0.4, -0.2) is 43.4 Å². The monoisotopic (exact) mass is 304 g/mol. The van der Waals surface area contributed by atoms with Crippen molar-refractivity contribution in [1.29, 1.82) is 0 Å². The van der Waals surface area contributed by atoms with Gasteiger partial charge in [0.05, 0.1) is 25.9 Å². The van der Waals surface area contributed by atoms with Crippen LogP contribution in [0.15, 0.2) is 22.6 Å². The number of carbonyl (C=O) groups is 1. The second-order valence-electron chi connectivity index (χ2n) is 5.67. The van der Waals surface area contributed by atoms with E-state index in [0.29, 0.717) is 43.4 Å². The number of ether oxygens (including phenoxy) is 2. The molecule has 1 aliphatic heterocycles. The predicted molar refractivity (Wildman–Crippen MR) is 81.0 cm³/mol. The Labute approximate surface area is 128 Å². The van der Waals surface area contributed by atoms with Gasteiger partial charge < -0.3 is 19.2 Å². The Hall–Kier alpha value is -1.92. The Morgan fingerprint density at radius 2 is 2.27 bits per heavy atom. The molecule has 0 unspecified atom stereocenters. The van der Waals surface area contributed by atoms with Gasteiger partial charge in [-0.25, -0.2) is 4.98 Å². The highest BCUT2D eigenvalue weighted by Crippen LogP contribution is 2.22. The van der Waals surface area contributed by atoms with E-state index in [1.165, 1.54) is 0 Å². The molecule has 1 aliphatic rings. The number of hydrogen-bond acceptors (Lipinski definition) is 5. The molecule has 1 amide bonds. The highest BCUT2D eigenvalue weighted by molar-refractivity contribution is 5.97. The van der Waals surface area contributed by atoms with Crippen LogP contribution in [0.1, 0.15) is 36.0 Å². The van der Waals surface area contributed by atoms with E-state index in [2.05, 4.69) is 10.3 Å². The van der Waals surface area contributed by atoms with Crippen molar-refractivity contribution in [3.8, 4) is 0 Å². The molecule has 1 N–H and O–H groups in total. The molecule has 0 aliphatic carbocycles. The van der Waals surface area contributed by atoms with E-state index in [9.17, 15) is 4.79 Å². The summed E-state index contributed by atoms with van der Waals surface area (Å²) in [4.78, 5) is 16.6. The maximum absolute atomic E-state index is 12.2. The summed E-state index contributed by atoms with van der Waals surface area (Å²) >= 11 is 0. The summed E-state index contributed by atoms with van der Waals surface area (Å²) in [7, 11) is 0. The van der Waals surface area contributed by atoms with Crippen LogP contribution < -0.4 is 5.32 Å². The van der Waals surface area contributed by atoms with Crippen LogP contribution in [-0.2, 0) is 9.47 Å². The SMILES string of the molecule is CC(C)c1nc2ccc(C(=O)NC[C@@H]3COCCO3)cc2o1. The zero-order chi connectivity index (χ0) is 15.5. The lowest BCUT2D eigenvalue weighted by molar-refractivity contribution is -0.0855. The Bertz CT molecular complexity index is 659. The van der Waals surface area contributed by atoms with E-state index in [0.717, 1.165) is 5.52 Å². The lowest BCUT2D eigenvalue weighted by Crippen LogP contribution is -2.39. The number of benzene rings is 1. The van der Waals surface area contributed by atoms with E-state index < -0.39 is 0 Å². The first-order valence-electron chi connectivity index (χ1n) is 7.51. The highest BCUT2D eigenvalue weighted by atomic mass is 16.6. The average Bonchev–Trinajstić information content (AvgIpc) is 2.97. The van der Waals surface area contributed by atoms with Gasteiger partial charge in [0, 0.05) is 18.0 Å². The number of rotatable bonds is 4. The fraction of sp³-hybridized carbons (Fsp3) is 0.500. The second-order valence-corrected chi connectivity index (χ2v) is 5.67. The van der Waals surface area contributed by atoms with E-state index >= 15 is 0 Å². The summed E-state index contributed by atoms with van der Waals surface area (Å²) in [5.41, 5.74) is 1.95. The summed E-state index contributed by atoms with van der Waals surface area (Å²) in [5.74, 6) is 0.743. The standard InChI is InChI=1S/C16H20N2O4/c1-10(2)16-18-13-4-3-11(7-14(13)22-16)15(19)17-8-12-9-20-5-6-21-12/h3-4,7,10,12H,5-6,8-9H2,1-2H3,(H,17,19)/t12-/m1/s1. The number of nitrogens with one attached hydrogen (secondary N) is 1. The summed E-state index contributed by atoms with van der Waals surface area (Å²) < 4.78 is 16.5. The molecule has 2 aromatic rings. The summed E-state index contributed by atoms with van der Waals surface area (Å²) in [5, 5.41) is 2.86. The fourth-order valence-corrected chi connectivity index (χ4v) is 2.29. The van der Waals surface area contributed by atoms with E-state index in [4.69, 9.17) is 13.9 Å². The molecule has 1 aromatic carbocycles. The Morgan fingerprint density at radius 1 is 1.41 bits per heavy atom. The van der Waals surface area contributed by atoms with Crippen molar-refractivity contribution in [1.82, 2.24) is 10.3 Å². The molecule has 0 bridgehead atoms. The lowest BCUT2D eigenvalue weighted by atomic mass is 10.2.